The van der Waals surface area contributed by atoms with Crippen molar-refractivity contribution in [3.05, 3.63) is 0 Å². The maximum atomic E-state index is 5.49. The van der Waals surface area contributed by atoms with Crippen LogP contribution in [-0.4, -0.2) is 29.5 Å². The minimum absolute atomic E-state index is 0.575. The molecule has 92 valence electrons. The number of thioether (sulfide) groups is 1. The number of nitrogens with two attached hydrogens (primary N) is 1. The fourth-order valence-corrected chi connectivity index (χ4v) is 3.56. The Morgan fingerprint density at radius 3 is 2.69 bits per heavy atom. The van der Waals surface area contributed by atoms with E-state index in [-0.39, 0.29) is 0 Å². The molecule has 0 aromatic rings. The molecule has 1 saturated heterocycles. The Labute approximate surface area is 102 Å². The molecule has 2 rings (SSSR count). The summed E-state index contributed by atoms with van der Waals surface area (Å²) in [5.74, 6) is 7.56. The molecule has 1 aliphatic heterocycles. The smallest absolute Gasteiger partial charge is 0.205 e. The van der Waals surface area contributed by atoms with Crippen molar-refractivity contribution in [2.75, 3.05) is 12.3 Å². The van der Waals surface area contributed by atoms with Gasteiger partial charge in [0.15, 0.2) is 0 Å². The maximum absolute atomic E-state index is 5.49. The van der Waals surface area contributed by atoms with E-state index in [9.17, 15) is 0 Å². The summed E-state index contributed by atoms with van der Waals surface area (Å²) in [4.78, 5) is 4.54. The number of nitrogens with zero attached hydrogens (tertiary/aromatic N) is 1. The molecule has 1 saturated carbocycles. The second-order valence-corrected chi connectivity index (χ2v) is 6.00. The van der Waals surface area contributed by atoms with Crippen molar-refractivity contribution in [1.29, 1.82) is 0 Å². The van der Waals surface area contributed by atoms with Gasteiger partial charge in [-0.3, -0.25) is 10.4 Å². The Morgan fingerprint density at radius 1 is 1.25 bits per heavy atom. The molecule has 4 nitrogen and oxygen atoms in total. The third kappa shape index (κ3) is 3.56. The average molecular weight is 242 g/mol. The van der Waals surface area contributed by atoms with E-state index in [0.29, 0.717) is 11.3 Å². The van der Waals surface area contributed by atoms with Crippen LogP contribution in [0.5, 0.6) is 0 Å². The Balaban J connectivity index is 1.75. The van der Waals surface area contributed by atoms with Gasteiger partial charge in [-0.2, -0.15) is 11.8 Å². The highest BCUT2D eigenvalue weighted by Crippen LogP contribution is 2.26. The standard InChI is InChI=1S/C11H22N4S/c12-15-11(14-9-4-1-2-5-9)13-8-10-6-3-7-16-10/h9-10H,1-8,12H2,(H2,13,14,15). The first kappa shape index (κ1) is 12.0. The highest BCUT2D eigenvalue weighted by molar-refractivity contribution is 8.00. The Kier molecular flexibility index (Phi) is 4.78. The van der Waals surface area contributed by atoms with Crippen molar-refractivity contribution in [2.24, 2.45) is 10.8 Å². The molecule has 2 aliphatic rings. The van der Waals surface area contributed by atoms with E-state index in [0.717, 1.165) is 12.5 Å². The van der Waals surface area contributed by atoms with E-state index in [4.69, 9.17) is 5.84 Å². The van der Waals surface area contributed by atoms with Crippen molar-refractivity contribution in [1.82, 2.24) is 10.7 Å². The molecule has 1 aliphatic carbocycles. The van der Waals surface area contributed by atoms with E-state index in [1.807, 2.05) is 11.8 Å². The van der Waals surface area contributed by atoms with Crippen LogP contribution < -0.4 is 16.6 Å². The molecule has 1 unspecified atom stereocenters. The third-order valence-electron chi connectivity index (χ3n) is 3.31. The fraction of sp³-hybridized carbons (Fsp3) is 0.909. The van der Waals surface area contributed by atoms with Gasteiger partial charge in [-0.25, -0.2) is 5.84 Å². The van der Waals surface area contributed by atoms with Crippen molar-refractivity contribution in [3.63, 3.8) is 0 Å². The van der Waals surface area contributed by atoms with Gasteiger partial charge in [-0.05, 0) is 31.4 Å². The lowest BCUT2D eigenvalue weighted by Gasteiger charge is -2.15. The topological polar surface area (TPSA) is 62.4 Å². The largest absolute Gasteiger partial charge is 0.353 e. The maximum Gasteiger partial charge on any atom is 0.205 e. The fourth-order valence-electron chi connectivity index (χ4n) is 2.38. The lowest BCUT2D eigenvalue weighted by Crippen LogP contribution is -2.45. The summed E-state index contributed by atoms with van der Waals surface area (Å²) in [6.45, 7) is 0.893. The van der Waals surface area contributed by atoms with Crippen LogP contribution in [0.2, 0.25) is 0 Å². The minimum Gasteiger partial charge on any atom is -0.353 e. The van der Waals surface area contributed by atoms with Crippen LogP contribution in [-0.2, 0) is 0 Å². The molecule has 1 heterocycles. The molecule has 4 N–H and O–H groups in total. The van der Waals surface area contributed by atoms with Crippen LogP contribution in [0, 0.1) is 0 Å². The monoisotopic (exact) mass is 242 g/mol. The molecule has 0 aromatic heterocycles. The van der Waals surface area contributed by atoms with Crippen molar-refractivity contribution in [3.8, 4) is 0 Å². The predicted octanol–water partition coefficient (Wildman–Crippen LogP) is 1.23. The predicted molar refractivity (Wildman–Crippen MR) is 70.5 cm³/mol. The first-order valence-electron chi connectivity index (χ1n) is 6.27. The molecule has 1 atom stereocenters. The summed E-state index contributed by atoms with van der Waals surface area (Å²) in [5.41, 5.74) is 2.68. The molecule has 0 radical (unpaired) electrons. The molecule has 5 heteroatoms. The van der Waals surface area contributed by atoms with Crippen molar-refractivity contribution in [2.45, 2.75) is 49.8 Å². The van der Waals surface area contributed by atoms with Gasteiger partial charge in [0.25, 0.3) is 0 Å². The van der Waals surface area contributed by atoms with Gasteiger partial charge in [0.1, 0.15) is 0 Å². The Bertz CT molecular complexity index is 232. The Morgan fingerprint density at radius 2 is 2.06 bits per heavy atom. The van der Waals surface area contributed by atoms with Crippen LogP contribution in [0.3, 0.4) is 0 Å². The van der Waals surface area contributed by atoms with Gasteiger partial charge in [0.2, 0.25) is 5.96 Å². The first-order chi connectivity index (χ1) is 7.88. The summed E-state index contributed by atoms with van der Waals surface area (Å²) in [5, 5.41) is 4.10. The van der Waals surface area contributed by atoms with E-state index in [2.05, 4.69) is 15.7 Å². The molecule has 0 spiro atoms. The van der Waals surface area contributed by atoms with Crippen LogP contribution in [0.4, 0.5) is 0 Å². The summed E-state index contributed by atoms with van der Waals surface area (Å²) in [6, 6.07) is 0.575. The molecule has 2 fully saturated rings. The summed E-state index contributed by atoms with van der Waals surface area (Å²) in [7, 11) is 0. The summed E-state index contributed by atoms with van der Waals surface area (Å²) >= 11 is 2.03. The normalized spacial score (nSPS) is 27.3. The zero-order valence-corrected chi connectivity index (χ0v) is 10.6. The number of hydrogen-bond donors (Lipinski definition) is 3. The third-order valence-corrected chi connectivity index (χ3v) is 4.69. The SMILES string of the molecule is NNC(=NCC1CCCS1)NC1CCCC1. The minimum atomic E-state index is 0.575. The van der Waals surface area contributed by atoms with Crippen LogP contribution in [0.25, 0.3) is 0 Å². The number of nitrogens with one attached hydrogen (secondary N) is 2. The average Bonchev–Trinajstić information content (AvgIpc) is 2.97. The van der Waals surface area contributed by atoms with Gasteiger partial charge < -0.3 is 5.32 Å². The lowest BCUT2D eigenvalue weighted by atomic mass is 10.2. The van der Waals surface area contributed by atoms with Crippen LogP contribution >= 0.6 is 11.8 Å². The summed E-state index contributed by atoms with van der Waals surface area (Å²) < 4.78 is 0. The quantitative estimate of drug-likeness (QED) is 0.301. The highest BCUT2D eigenvalue weighted by atomic mass is 32.2. The van der Waals surface area contributed by atoms with E-state index in [1.165, 1.54) is 44.3 Å². The van der Waals surface area contributed by atoms with E-state index in [1.54, 1.807) is 0 Å². The number of aliphatic imine (C=N–C) groups is 1. The molecule has 16 heavy (non-hydrogen) atoms. The molecular weight excluding hydrogens is 220 g/mol. The zero-order valence-electron chi connectivity index (χ0n) is 9.74. The number of hydrazine groups is 1. The van der Waals surface area contributed by atoms with Gasteiger partial charge >= 0.3 is 0 Å². The first-order valence-corrected chi connectivity index (χ1v) is 7.32. The Hall–Kier alpha value is -0.420. The number of rotatable bonds is 3. The molecular formula is C11H22N4S. The highest BCUT2D eigenvalue weighted by Gasteiger charge is 2.17. The zero-order chi connectivity index (χ0) is 11.2. The van der Waals surface area contributed by atoms with Crippen molar-refractivity contribution < 1.29 is 0 Å². The van der Waals surface area contributed by atoms with Gasteiger partial charge in [-0.15, -0.1) is 0 Å². The van der Waals surface area contributed by atoms with Gasteiger partial charge in [-0.1, -0.05) is 12.8 Å². The molecule has 0 bridgehead atoms. The van der Waals surface area contributed by atoms with Gasteiger partial charge in [0, 0.05) is 11.3 Å². The number of guanidine groups is 1. The number of hydrogen-bond acceptors (Lipinski definition) is 3. The van der Waals surface area contributed by atoms with Crippen molar-refractivity contribution >= 4 is 17.7 Å². The second-order valence-electron chi connectivity index (χ2n) is 4.59. The molecule has 0 amide bonds. The van der Waals surface area contributed by atoms with Gasteiger partial charge in [0.05, 0.1) is 6.54 Å². The second kappa shape index (κ2) is 6.35. The van der Waals surface area contributed by atoms with Crippen LogP contribution in [0.15, 0.2) is 4.99 Å². The lowest BCUT2D eigenvalue weighted by molar-refractivity contribution is 0.613. The molecule has 0 aromatic carbocycles. The summed E-state index contributed by atoms with van der Waals surface area (Å²) in [6.07, 6.45) is 7.79. The van der Waals surface area contributed by atoms with E-state index < -0.39 is 0 Å². The van der Waals surface area contributed by atoms with E-state index >= 15 is 0 Å². The van der Waals surface area contributed by atoms with Crippen LogP contribution in [0.1, 0.15) is 38.5 Å².